The van der Waals surface area contributed by atoms with E-state index in [1.54, 1.807) is 11.0 Å². The monoisotopic (exact) mass is 562 g/mol. The van der Waals surface area contributed by atoms with Crippen LogP contribution in [-0.4, -0.2) is 72.3 Å². The Labute approximate surface area is 224 Å². The molecule has 10 nitrogen and oxygen atoms in total. The molecule has 0 saturated carbocycles. The summed E-state index contributed by atoms with van der Waals surface area (Å²) in [6.07, 6.45) is 2.70. The van der Waals surface area contributed by atoms with Gasteiger partial charge in [-0.05, 0) is 30.9 Å². The van der Waals surface area contributed by atoms with E-state index in [9.17, 15) is 24.5 Å². The van der Waals surface area contributed by atoms with Crippen LogP contribution in [0.15, 0.2) is 18.2 Å². The largest absolute Gasteiger partial charge is 0.465 e. The molecule has 0 unspecified atom stereocenters. The number of rotatable bonds is 6. The Kier molecular flexibility index (Phi) is 7.17. The van der Waals surface area contributed by atoms with E-state index in [-0.39, 0.29) is 24.0 Å². The first-order chi connectivity index (χ1) is 17.8. The summed E-state index contributed by atoms with van der Waals surface area (Å²) < 4.78 is 5.52. The van der Waals surface area contributed by atoms with Crippen LogP contribution in [0.25, 0.3) is 10.1 Å². The molecule has 37 heavy (non-hydrogen) atoms. The first-order valence-electron chi connectivity index (χ1n) is 11.7. The van der Waals surface area contributed by atoms with Crippen LogP contribution in [-0.2, 0) is 22.4 Å². The lowest BCUT2D eigenvalue weighted by atomic mass is 10.1. The molecule has 3 aromatic rings. The fraction of sp³-hybridized carbons (Fsp3) is 0.375. The number of esters is 1. The number of amides is 2. The third-order valence-corrected chi connectivity index (χ3v) is 9.46. The maximum atomic E-state index is 13.2. The molecule has 0 radical (unpaired) electrons. The van der Waals surface area contributed by atoms with E-state index in [2.05, 4.69) is 5.32 Å². The van der Waals surface area contributed by atoms with Gasteiger partial charge in [0.15, 0.2) is 0 Å². The fourth-order valence-electron chi connectivity index (χ4n) is 4.74. The molecule has 5 rings (SSSR count). The number of methoxy groups -OCH3 is 1. The molecule has 2 aliphatic rings. The van der Waals surface area contributed by atoms with Crippen LogP contribution in [0, 0.1) is 10.1 Å². The minimum absolute atomic E-state index is 0.0535. The van der Waals surface area contributed by atoms with Gasteiger partial charge in [-0.15, -0.1) is 22.7 Å². The van der Waals surface area contributed by atoms with Gasteiger partial charge in [0.1, 0.15) is 9.88 Å². The molecule has 1 aliphatic heterocycles. The number of non-ortho nitro benzene ring substituents is 1. The molecule has 0 spiro atoms. The Bertz CT molecular complexity index is 1430. The number of ether oxygens (including phenoxy) is 1. The number of benzene rings is 1. The Morgan fingerprint density at radius 2 is 1.92 bits per heavy atom. The van der Waals surface area contributed by atoms with Crippen LogP contribution in [0.1, 0.15) is 36.9 Å². The van der Waals surface area contributed by atoms with Gasteiger partial charge in [0.25, 0.3) is 11.6 Å². The first-order valence-corrected chi connectivity index (χ1v) is 13.7. The number of anilines is 1. The van der Waals surface area contributed by atoms with Crippen molar-refractivity contribution < 1.29 is 24.0 Å². The molecule has 194 valence electrons. The van der Waals surface area contributed by atoms with Crippen molar-refractivity contribution in [3.05, 3.63) is 54.2 Å². The molecular weight excluding hydrogens is 540 g/mol. The Balaban J connectivity index is 1.20. The van der Waals surface area contributed by atoms with Gasteiger partial charge in [0.05, 0.1) is 29.2 Å². The van der Waals surface area contributed by atoms with Crippen molar-refractivity contribution in [2.24, 2.45) is 0 Å². The van der Waals surface area contributed by atoms with Crippen LogP contribution in [0.5, 0.6) is 0 Å². The van der Waals surface area contributed by atoms with Gasteiger partial charge in [0, 0.05) is 53.3 Å². The number of carbonyl (C=O) groups excluding carboxylic acids is 3. The lowest BCUT2D eigenvalue weighted by Gasteiger charge is -2.34. The number of fused-ring (bicyclic) bond motifs is 2. The number of aryl methyl sites for hydroxylation is 1. The highest BCUT2D eigenvalue weighted by Crippen LogP contribution is 2.40. The second-order valence-corrected chi connectivity index (χ2v) is 11.4. The normalized spacial score (nSPS) is 15.6. The number of hydrogen-bond acceptors (Lipinski definition) is 9. The first kappa shape index (κ1) is 25.6. The van der Waals surface area contributed by atoms with E-state index in [4.69, 9.17) is 16.3 Å². The number of piperazine rings is 1. The van der Waals surface area contributed by atoms with Crippen molar-refractivity contribution in [3.8, 4) is 0 Å². The third kappa shape index (κ3) is 4.93. The van der Waals surface area contributed by atoms with Gasteiger partial charge in [-0.2, -0.15) is 0 Å². The second-order valence-electron chi connectivity index (χ2n) is 8.85. The van der Waals surface area contributed by atoms with E-state index in [1.165, 1.54) is 30.6 Å². The predicted octanol–water partition coefficient (Wildman–Crippen LogP) is 4.20. The Morgan fingerprint density at radius 1 is 1.16 bits per heavy atom. The van der Waals surface area contributed by atoms with Gasteiger partial charge < -0.3 is 15.0 Å². The van der Waals surface area contributed by atoms with Crippen molar-refractivity contribution >= 4 is 72.8 Å². The van der Waals surface area contributed by atoms with Crippen molar-refractivity contribution in [1.29, 1.82) is 0 Å². The average Bonchev–Trinajstić information content (AvgIpc) is 3.56. The van der Waals surface area contributed by atoms with Crippen molar-refractivity contribution in [1.82, 2.24) is 9.80 Å². The highest BCUT2D eigenvalue weighted by atomic mass is 35.5. The molecule has 0 bridgehead atoms. The molecule has 0 atom stereocenters. The number of thiophene rings is 2. The van der Waals surface area contributed by atoms with Gasteiger partial charge >= 0.3 is 5.97 Å². The standard InChI is InChI=1S/C24H23ClN4O6S2/c1-35-24(32)19-14-3-2-4-16(14)37-22(19)26-18(30)12-27-7-9-28(10-8-27)23(31)21-20(25)15-6-5-13(29(33)34)11-17(15)36-21/h5-6,11H,2-4,7-10,12H2,1H3,(H,26,30). The molecule has 2 aromatic heterocycles. The predicted molar refractivity (Wildman–Crippen MR) is 142 cm³/mol. The zero-order valence-corrected chi connectivity index (χ0v) is 22.3. The average molecular weight is 563 g/mol. The van der Waals surface area contributed by atoms with Crippen LogP contribution < -0.4 is 5.32 Å². The molecule has 13 heteroatoms. The lowest BCUT2D eigenvalue weighted by Crippen LogP contribution is -2.50. The molecular formula is C24H23ClN4O6S2. The van der Waals surface area contributed by atoms with E-state index in [0.717, 1.165) is 41.0 Å². The lowest BCUT2D eigenvalue weighted by molar-refractivity contribution is -0.384. The van der Waals surface area contributed by atoms with Gasteiger partial charge in [0.2, 0.25) is 5.91 Å². The zero-order valence-electron chi connectivity index (χ0n) is 19.9. The summed E-state index contributed by atoms with van der Waals surface area (Å²) in [5.74, 6) is -0.885. The molecule has 2 amide bonds. The summed E-state index contributed by atoms with van der Waals surface area (Å²) in [4.78, 5) is 54.0. The fourth-order valence-corrected chi connectivity index (χ4v) is 7.54. The second kappa shape index (κ2) is 10.4. The Hall–Kier alpha value is -3.06. The summed E-state index contributed by atoms with van der Waals surface area (Å²) >= 11 is 9.03. The minimum atomic E-state index is -0.481. The number of halogens is 1. The van der Waals surface area contributed by atoms with Gasteiger partial charge in [-0.1, -0.05) is 11.6 Å². The molecule has 3 heterocycles. The van der Waals surface area contributed by atoms with E-state index >= 15 is 0 Å². The topological polar surface area (TPSA) is 122 Å². The number of hydrogen-bond donors (Lipinski definition) is 1. The van der Waals surface area contributed by atoms with Gasteiger partial charge in [-0.3, -0.25) is 24.6 Å². The molecule has 1 N–H and O–H groups in total. The molecule has 1 aromatic carbocycles. The number of nitro benzene ring substituents is 1. The quantitative estimate of drug-likeness (QED) is 0.271. The highest BCUT2D eigenvalue weighted by Gasteiger charge is 2.30. The summed E-state index contributed by atoms with van der Waals surface area (Å²) in [5.41, 5.74) is 1.39. The summed E-state index contributed by atoms with van der Waals surface area (Å²) in [6.45, 7) is 1.96. The molecule has 1 aliphatic carbocycles. The number of nitrogens with one attached hydrogen (secondary N) is 1. The maximum absolute atomic E-state index is 13.2. The molecule has 1 fully saturated rings. The van der Waals surface area contributed by atoms with Crippen LogP contribution in [0.3, 0.4) is 0 Å². The smallest absolute Gasteiger partial charge is 0.341 e. The Morgan fingerprint density at radius 3 is 2.62 bits per heavy atom. The van der Waals surface area contributed by atoms with E-state index < -0.39 is 10.9 Å². The summed E-state index contributed by atoms with van der Waals surface area (Å²) in [5, 5.41) is 15.4. The summed E-state index contributed by atoms with van der Waals surface area (Å²) in [7, 11) is 1.34. The minimum Gasteiger partial charge on any atom is -0.465 e. The number of carbonyl (C=O) groups is 3. The van der Waals surface area contributed by atoms with E-state index in [0.29, 0.717) is 56.7 Å². The van der Waals surface area contributed by atoms with Crippen molar-refractivity contribution in [3.63, 3.8) is 0 Å². The van der Waals surface area contributed by atoms with Crippen LogP contribution in [0.2, 0.25) is 5.02 Å². The van der Waals surface area contributed by atoms with Crippen molar-refractivity contribution in [2.75, 3.05) is 45.2 Å². The SMILES string of the molecule is COC(=O)c1c(NC(=O)CN2CCN(C(=O)c3sc4cc([N+](=O)[O-])ccc4c3Cl)CC2)sc2c1CCC2. The number of nitrogens with zero attached hydrogens (tertiary/aromatic N) is 3. The van der Waals surface area contributed by atoms with Crippen molar-refractivity contribution in [2.45, 2.75) is 19.3 Å². The van der Waals surface area contributed by atoms with Crippen LogP contribution >= 0.6 is 34.3 Å². The van der Waals surface area contributed by atoms with Crippen LogP contribution in [0.4, 0.5) is 10.7 Å². The number of nitro groups is 1. The van der Waals surface area contributed by atoms with E-state index in [1.807, 2.05) is 4.90 Å². The molecule has 1 saturated heterocycles. The van der Waals surface area contributed by atoms with Gasteiger partial charge in [-0.25, -0.2) is 4.79 Å². The highest BCUT2D eigenvalue weighted by molar-refractivity contribution is 7.21. The maximum Gasteiger partial charge on any atom is 0.341 e. The third-order valence-electron chi connectivity index (χ3n) is 6.61. The zero-order chi connectivity index (χ0) is 26.3. The summed E-state index contributed by atoms with van der Waals surface area (Å²) in [6, 6.07) is 4.36.